The van der Waals surface area contributed by atoms with Crippen molar-refractivity contribution in [2.24, 2.45) is 7.05 Å². The first kappa shape index (κ1) is 17.9. The lowest BCUT2D eigenvalue weighted by atomic mass is 10.2. The van der Waals surface area contributed by atoms with Gasteiger partial charge in [0.2, 0.25) is 15.9 Å². The second-order valence-electron chi connectivity index (χ2n) is 5.95. The smallest absolute Gasteiger partial charge is 0.247 e. The maximum absolute atomic E-state index is 12.7. The number of amides is 1. The zero-order valence-electron chi connectivity index (χ0n) is 14.6. The van der Waals surface area contributed by atoms with Crippen LogP contribution < -0.4 is 9.62 Å². The minimum Gasteiger partial charge on any atom is -0.324 e. The largest absolute Gasteiger partial charge is 0.324 e. The molecule has 3 aromatic rings. The fraction of sp³-hybridized carbons (Fsp3) is 0.235. The summed E-state index contributed by atoms with van der Waals surface area (Å²) in [6.45, 7) is 1.55. The molecule has 9 heteroatoms. The Balaban J connectivity index is 1.86. The number of rotatable bonds is 5. The third-order valence-corrected chi connectivity index (χ3v) is 5.09. The number of benzene rings is 2. The molecule has 0 spiro atoms. The monoisotopic (exact) mass is 373 g/mol. The SMILES string of the molecule is CC(C(=O)Nc1ccc2nn(C)nc2c1)N(c1ccccc1)S(C)(=O)=O. The van der Waals surface area contributed by atoms with E-state index in [0.717, 1.165) is 10.6 Å². The molecule has 1 atom stereocenters. The van der Waals surface area contributed by atoms with Crippen LogP contribution in [0.3, 0.4) is 0 Å². The van der Waals surface area contributed by atoms with Crippen molar-refractivity contribution >= 4 is 38.3 Å². The summed E-state index contributed by atoms with van der Waals surface area (Å²) >= 11 is 0. The van der Waals surface area contributed by atoms with Crippen molar-refractivity contribution in [3.63, 3.8) is 0 Å². The van der Waals surface area contributed by atoms with E-state index in [1.54, 1.807) is 62.5 Å². The van der Waals surface area contributed by atoms with Crippen LogP contribution >= 0.6 is 0 Å². The number of sulfonamides is 1. The molecular formula is C17H19N5O3S. The highest BCUT2D eigenvalue weighted by Gasteiger charge is 2.29. The van der Waals surface area contributed by atoms with Gasteiger partial charge in [-0.25, -0.2) is 8.42 Å². The molecule has 8 nitrogen and oxygen atoms in total. The number of carbonyl (C=O) groups is 1. The first-order valence-electron chi connectivity index (χ1n) is 7.92. The number of aryl methyl sites for hydroxylation is 1. The number of anilines is 2. The molecule has 26 heavy (non-hydrogen) atoms. The number of carbonyl (C=O) groups excluding carboxylic acids is 1. The topological polar surface area (TPSA) is 97.2 Å². The highest BCUT2D eigenvalue weighted by Crippen LogP contribution is 2.22. The molecule has 1 N–H and O–H groups in total. The van der Waals surface area contributed by atoms with E-state index in [-0.39, 0.29) is 0 Å². The summed E-state index contributed by atoms with van der Waals surface area (Å²) < 4.78 is 25.6. The molecule has 136 valence electrons. The van der Waals surface area contributed by atoms with Gasteiger partial charge in [-0.3, -0.25) is 9.10 Å². The molecular weight excluding hydrogens is 354 g/mol. The van der Waals surface area contributed by atoms with E-state index in [4.69, 9.17) is 0 Å². The van der Waals surface area contributed by atoms with E-state index in [2.05, 4.69) is 15.5 Å². The van der Waals surface area contributed by atoms with Crippen LogP contribution in [0.4, 0.5) is 11.4 Å². The molecule has 3 rings (SSSR count). The van der Waals surface area contributed by atoms with Gasteiger partial charge in [0.05, 0.1) is 11.9 Å². The van der Waals surface area contributed by atoms with Crippen molar-refractivity contribution in [2.45, 2.75) is 13.0 Å². The van der Waals surface area contributed by atoms with Crippen LogP contribution in [0.2, 0.25) is 0 Å². The van der Waals surface area contributed by atoms with Crippen LogP contribution in [0.25, 0.3) is 11.0 Å². The van der Waals surface area contributed by atoms with Crippen molar-refractivity contribution in [2.75, 3.05) is 15.9 Å². The Bertz CT molecular complexity index is 1050. The highest BCUT2D eigenvalue weighted by atomic mass is 32.2. The number of fused-ring (bicyclic) bond motifs is 1. The summed E-state index contributed by atoms with van der Waals surface area (Å²) in [6, 6.07) is 12.7. The van der Waals surface area contributed by atoms with E-state index >= 15 is 0 Å². The van der Waals surface area contributed by atoms with Crippen molar-refractivity contribution in [1.29, 1.82) is 0 Å². The summed E-state index contributed by atoms with van der Waals surface area (Å²) in [7, 11) is -1.93. The fourth-order valence-electron chi connectivity index (χ4n) is 2.73. The minimum atomic E-state index is -3.64. The number of hydrogen-bond donors (Lipinski definition) is 1. The van der Waals surface area contributed by atoms with Gasteiger partial charge in [0.1, 0.15) is 17.1 Å². The van der Waals surface area contributed by atoms with Crippen LogP contribution in [0.15, 0.2) is 48.5 Å². The second-order valence-corrected chi connectivity index (χ2v) is 7.81. The highest BCUT2D eigenvalue weighted by molar-refractivity contribution is 7.92. The van der Waals surface area contributed by atoms with Crippen LogP contribution in [0.5, 0.6) is 0 Å². The van der Waals surface area contributed by atoms with Crippen molar-refractivity contribution in [3.05, 3.63) is 48.5 Å². The molecule has 2 aromatic carbocycles. The lowest BCUT2D eigenvalue weighted by Gasteiger charge is -2.28. The van der Waals surface area contributed by atoms with Crippen LogP contribution in [0.1, 0.15) is 6.92 Å². The van der Waals surface area contributed by atoms with Crippen molar-refractivity contribution < 1.29 is 13.2 Å². The van der Waals surface area contributed by atoms with Gasteiger partial charge in [-0.15, -0.1) is 0 Å². The molecule has 1 unspecified atom stereocenters. The van der Waals surface area contributed by atoms with Crippen LogP contribution in [-0.4, -0.2) is 41.6 Å². The predicted octanol–water partition coefficient (Wildman–Crippen LogP) is 1.76. The zero-order valence-corrected chi connectivity index (χ0v) is 15.4. The lowest BCUT2D eigenvalue weighted by molar-refractivity contribution is -0.116. The van der Waals surface area contributed by atoms with Crippen molar-refractivity contribution in [3.8, 4) is 0 Å². The molecule has 0 fully saturated rings. The maximum Gasteiger partial charge on any atom is 0.247 e. The normalized spacial score (nSPS) is 12.7. The molecule has 0 radical (unpaired) electrons. The molecule has 0 aliphatic carbocycles. The third kappa shape index (κ3) is 3.67. The average molecular weight is 373 g/mol. The molecule has 0 saturated heterocycles. The van der Waals surface area contributed by atoms with E-state index in [9.17, 15) is 13.2 Å². The number of hydrogen-bond acceptors (Lipinski definition) is 5. The summed E-state index contributed by atoms with van der Waals surface area (Å²) in [5.74, 6) is -0.442. The minimum absolute atomic E-state index is 0.432. The van der Waals surface area contributed by atoms with E-state index in [1.807, 2.05) is 0 Å². The Kier molecular flexibility index (Phi) is 4.64. The van der Waals surface area contributed by atoms with Crippen LogP contribution in [0, 0.1) is 0 Å². The quantitative estimate of drug-likeness (QED) is 0.735. The van der Waals surface area contributed by atoms with Gasteiger partial charge < -0.3 is 5.32 Å². The number of aromatic nitrogens is 3. The second kappa shape index (κ2) is 6.75. The van der Waals surface area contributed by atoms with Crippen molar-refractivity contribution in [1.82, 2.24) is 15.0 Å². The van der Waals surface area contributed by atoms with Gasteiger partial charge in [0, 0.05) is 12.7 Å². The average Bonchev–Trinajstić information content (AvgIpc) is 2.94. The molecule has 0 saturated carbocycles. The molecule has 1 amide bonds. The molecule has 0 bridgehead atoms. The van der Waals surface area contributed by atoms with Gasteiger partial charge in [0.15, 0.2) is 0 Å². The lowest BCUT2D eigenvalue weighted by Crippen LogP contribution is -2.45. The van der Waals surface area contributed by atoms with Gasteiger partial charge in [0.25, 0.3) is 0 Å². The van der Waals surface area contributed by atoms with E-state index in [1.165, 1.54) is 4.80 Å². The first-order chi connectivity index (χ1) is 12.3. The number of nitrogens with zero attached hydrogens (tertiary/aromatic N) is 4. The molecule has 0 aliphatic heterocycles. The Labute approximate surface area is 151 Å². The van der Waals surface area contributed by atoms with E-state index in [0.29, 0.717) is 22.4 Å². The first-order valence-corrected chi connectivity index (χ1v) is 9.77. The summed E-state index contributed by atoms with van der Waals surface area (Å²) in [5, 5.41) is 11.1. The number of nitrogens with one attached hydrogen (secondary N) is 1. The molecule has 1 heterocycles. The Morgan fingerprint density at radius 3 is 2.42 bits per heavy atom. The van der Waals surface area contributed by atoms with E-state index < -0.39 is 22.0 Å². The third-order valence-electron chi connectivity index (χ3n) is 3.85. The van der Waals surface area contributed by atoms with Gasteiger partial charge in [-0.2, -0.15) is 15.0 Å². The Hall–Kier alpha value is -2.94. The Morgan fingerprint density at radius 2 is 1.77 bits per heavy atom. The molecule has 1 aromatic heterocycles. The van der Waals surface area contributed by atoms with Gasteiger partial charge in [-0.05, 0) is 37.3 Å². The Morgan fingerprint density at radius 1 is 1.12 bits per heavy atom. The fourth-order valence-corrected chi connectivity index (χ4v) is 3.91. The summed E-state index contributed by atoms with van der Waals surface area (Å²) in [5.41, 5.74) is 2.31. The maximum atomic E-state index is 12.7. The van der Waals surface area contributed by atoms with Gasteiger partial charge in [-0.1, -0.05) is 18.2 Å². The zero-order chi connectivity index (χ0) is 18.9. The number of para-hydroxylation sites is 1. The summed E-state index contributed by atoms with van der Waals surface area (Å²) in [6.07, 6.45) is 1.08. The predicted molar refractivity (Wildman–Crippen MR) is 100 cm³/mol. The molecule has 0 aliphatic rings. The van der Waals surface area contributed by atoms with Crippen LogP contribution in [-0.2, 0) is 21.9 Å². The van der Waals surface area contributed by atoms with Gasteiger partial charge >= 0.3 is 0 Å². The summed E-state index contributed by atoms with van der Waals surface area (Å²) in [4.78, 5) is 14.1. The standard InChI is InChI=1S/C17H19N5O3S/c1-12(22(26(3,24)25)14-7-5-4-6-8-14)17(23)18-13-9-10-15-16(11-13)20-21(2)19-15/h4-12H,1-3H3,(H,18,23).